The number of esters is 1. The van der Waals surface area contributed by atoms with Crippen molar-refractivity contribution in [2.75, 3.05) is 20.3 Å². The van der Waals surface area contributed by atoms with E-state index in [1.807, 2.05) is 54.6 Å². The van der Waals surface area contributed by atoms with E-state index in [2.05, 4.69) is 9.73 Å². The molecule has 0 aromatic heterocycles. The molecule has 2 aromatic rings. The van der Waals surface area contributed by atoms with E-state index in [0.29, 0.717) is 12.5 Å². The van der Waals surface area contributed by atoms with Crippen LogP contribution in [-0.2, 0) is 14.3 Å². The molecule has 6 heteroatoms. The molecular formula is C21H25NO5. The normalized spacial score (nSPS) is 18.3. The SMILES string of the molecule is CCOC(C)=O.COc1ccc(C2=NC(c3ccccc3)C(O)CO2)cc1. The first kappa shape index (κ1) is 20.5. The smallest absolute Gasteiger partial charge is 0.302 e. The Morgan fingerprint density at radius 1 is 1.19 bits per heavy atom. The average molecular weight is 371 g/mol. The number of carbonyl (C=O) groups excluding carboxylic acids is 1. The van der Waals surface area contributed by atoms with Crippen LogP contribution in [0, 0.1) is 0 Å². The molecule has 1 heterocycles. The third-order valence-corrected chi connectivity index (χ3v) is 3.84. The predicted octanol–water partition coefficient (Wildman–Crippen LogP) is 3.14. The van der Waals surface area contributed by atoms with Gasteiger partial charge in [0.1, 0.15) is 24.5 Å². The number of methoxy groups -OCH3 is 1. The molecule has 2 atom stereocenters. The summed E-state index contributed by atoms with van der Waals surface area (Å²) < 4.78 is 15.1. The van der Waals surface area contributed by atoms with Crippen LogP contribution in [0.2, 0.25) is 0 Å². The molecule has 3 rings (SSSR count). The van der Waals surface area contributed by atoms with Crippen LogP contribution < -0.4 is 4.74 Å². The molecule has 0 saturated carbocycles. The topological polar surface area (TPSA) is 77.4 Å². The number of aliphatic hydroxyl groups excluding tert-OH is 1. The summed E-state index contributed by atoms with van der Waals surface area (Å²) in [6.07, 6.45) is -0.630. The highest BCUT2D eigenvalue weighted by atomic mass is 16.5. The molecule has 144 valence electrons. The van der Waals surface area contributed by atoms with Gasteiger partial charge in [0.15, 0.2) is 0 Å². The molecule has 1 aliphatic rings. The summed E-state index contributed by atoms with van der Waals surface area (Å²) in [5.74, 6) is 1.13. The molecule has 1 N–H and O–H groups in total. The molecule has 0 amide bonds. The Morgan fingerprint density at radius 2 is 1.85 bits per heavy atom. The third kappa shape index (κ3) is 6.11. The number of rotatable bonds is 4. The Bertz CT molecular complexity index is 743. The van der Waals surface area contributed by atoms with Gasteiger partial charge in [-0.2, -0.15) is 0 Å². The van der Waals surface area contributed by atoms with Crippen molar-refractivity contribution in [1.82, 2.24) is 0 Å². The fourth-order valence-electron chi connectivity index (χ4n) is 2.55. The van der Waals surface area contributed by atoms with Gasteiger partial charge in [0.05, 0.1) is 13.7 Å². The van der Waals surface area contributed by atoms with Gasteiger partial charge in [-0.3, -0.25) is 4.79 Å². The minimum Gasteiger partial charge on any atom is -0.497 e. The summed E-state index contributed by atoms with van der Waals surface area (Å²) >= 11 is 0. The van der Waals surface area contributed by atoms with E-state index < -0.39 is 6.10 Å². The zero-order valence-corrected chi connectivity index (χ0v) is 15.8. The summed E-state index contributed by atoms with van der Waals surface area (Å²) in [7, 11) is 1.63. The number of hydrogen-bond donors (Lipinski definition) is 1. The van der Waals surface area contributed by atoms with Crippen molar-refractivity contribution in [3.8, 4) is 5.75 Å². The molecule has 0 spiro atoms. The van der Waals surface area contributed by atoms with Crippen molar-refractivity contribution < 1.29 is 24.1 Å². The summed E-state index contributed by atoms with van der Waals surface area (Å²) in [6.45, 7) is 3.89. The minimum absolute atomic E-state index is 0.211. The van der Waals surface area contributed by atoms with Crippen molar-refractivity contribution in [1.29, 1.82) is 0 Å². The van der Waals surface area contributed by atoms with Crippen LogP contribution in [0.1, 0.15) is 31.0 Å². The molecule has 0 fully saturated rings. The second-order valence-electron chi connectivity index (χ2n) is 5.82. The molecular weight excluding hydrogens is 346 g/mol. The van der Waals surface area contributed by atoms with Gasteiger partial charge in [-0.15, -0.1) is 0 Å². The number of aliphatic hydroxyl groups is 1. The van der Waals surface area contributed by atoms with E-state index in [9.17, 15) is 9.90 Å². The van der Waals surface area contributed by atoms with E-state index in [4.69, 9.17) is 9.47 Å². The molecule has 0 radical (unpaired) electrons. The maximum absolute atomic E-state index is 10.1. The highest BCUT2D eigenvalue weighted by Gasteiger charge is 2.27. The van der Waals surface area contributed by atoms with Crippen molar-refractivity contribution in [3.05, 3.63) is 65.7 Å². The van der Waals surface area contributed by atoms with Gasteiger partial charge in [0.25, 0.3) is 0 Å². The lowest BCUT2D eigenvalue weighted by molar-refractivity contribution is -0.140. The summed E-state index contributed by atoms with van der Waals surface area (Å²) in [4.78, 5) is 14.4. The monoisotopic (exact) mass is 371 g/mol. The van der Waals surface area contributed by atoms with Crippen molar-refractivity contribution in [2.45, 2.75) is 26.0 Å². The molecule has 0 aliphatic carbocycles. The quantitative estimate of drug-likeness (QED) is 0.836. The number of aliphatic imine (C=N–C) groups is 1. The standard InChI is InChI=1S/C17H17NO3.C4H8O2/c1-20-14-9-7-13(8-10-14)17-18-16(15(19)11-21-17)12-5-3-2-4-6-12;1-3-6-4(2)5/h2-10,15-16,19H,11H2,1H3;3H2,1-2H3. The van der Waals surface area contributed by atoms with E-state index >= 15 is 0 Å². The number of nitrogens with zero attached hydrogens (tertiary/aromatic N) is 1. The number of ether oxygens (including phenoxy) is 3. The fourth-order valence-corrected chi connectivity index (χ4v) is 2.55. The van der Waals surface area contributed by atoms with E-state index in [1.54, 1.807) is 14.0 Å². The summed E-state index contributed by atoms with van der Waals surface area (Å²) in [5, 5.41) is 10.1. The Morgan fingerprint density at radius 3 is 2.37 bits per heavy atom. The Kier molecular flexibility index (Phi) is 7.82. The van der Waals surface area contributed by atoms with Gasteiger partial charge >= 0.3 is 5.97 Å². The lowest BCUT2D eigenvalue weighted by Crippen LogP contribution is -2.31. The number of benzene rings is 2. The zero-order valence-electron chi connectivity index (χ0n) is 15.8. The van der Waals surface area contributed by atoms with Crippen LogP contribution in [0.15, 0.2) is 59.6 Å². The van der Waals surface area contributed by atoms with E-state index in [0.717, 1.165) is 16.9 Å². The second kappa shape index (κ2) is 10.3. The van der Waals surface area contributed by atoms with E-state index in [1.165, 1.54) is 6.92 Å². The Balaban J connectivity index is 0.000000380. The van der Waals surface area contributed by atoms with Crippen molar-refractivity contribution >= 4 is 11.9 Å². The first-order valence-electron chi connectivity index (χ1n) is 8.76. The van der Waals surface area contributed by atoms with Gasteiger partial charge in [0, 0.05) is 12.5 Å². The predicted molar refractivity (Wildman–Crippen MR) is 103 cm³/mol. The first-order valence-corrected chi connectivity index (χ1v) is 8.76. The molecule has 2 aromatic carbocycles. The van der Waals surface area contributed by atoms with Crippen molar-refractivity contribution in [3.63, 3.8) is 0 Å². The maximum Gasteiger partial charge on any atom is 0.302 e. The summed E-state index contributed by atoms with van der Waals surface area (Å²) in [5.41, 5.74) is 1.86. The number of carbonyl (C=O) groups is 1. The lowest BCUT2D eigenvalue weighted by atomic mass is 10.0. The zero-order chi connectivity index (χ0) is 19.6. The third-order valence-electron chi connectivity index (χ3n) is 3.84. The van der Waals surface area contributed by atoms with Crippen LogP contribution in [0.4, 0.5) is 0 Å². The molecule has 1 aliphatic heterocycles. The Labute approximate surface area is 159 Å². The van der Waals surface area contributed by atoms with Gasteiger partial charge < -0.3 is 19.3 Å². The molecule has 2 unspecified atom stereocenters. The van der Waals surface area contributed by atoms with Gasteiger partial charge in [0.2, 0.25) is 5.90 Å². The lowest BCUT2D eigenvalue weighted by Gasteiger charge is -2.26. The highest BCUT2D eigenvalue weighted by molar-refractivity contribution is 5.94. The summed E-state index contributed by atoms with van der Waals surface area (Å²) in [6, 6.07) is 17.0. The Hall–Kier alpha value is -2.86. The van der Waals surface area contributed by atoms with Crippen LogP contribution in [0.25, 0.3) is 0 Å². The number of hydrogen-bond acceptors (Lipinski definition) is 6. The maximum atomic E-state index is 10.1. The largest absolute Gasteiger partial charge is 0.497 e. The molecule has 0 saturated heterocycles. The van der Waals surface area contributed by atoms with Crippen LogP contribution in [-0.4, -0.2) is 43.4 Å². The van der Waals surface area contributed by atoms with Crippen LogP contribution in [0.3, 0.4) is 0 Å². The van der Waals surface area contributed by atoms with Gasteiger partial charge in [-0.1, -0.05) is 30.3 Å². The second-order valence-corrected chi connectivity index (χ2v) is 5.82. The van der Waals surface area contributed by atoms with Gasteiger partial charge in [-0.25, -0.2) is 4.99 Å². The van der Waals surface area contributed by atoms with Gasteiger partial charge in [-0.05, 0) is 36.8 Å². The highest BCUT2D eigenvalue weighted by Crippen LogP contribution is 2.27. The molecule has 27 heavy (non-hydrogen) atoms. The van der Waals surface area contributed by atoms with Crippen molar-refractivity contribution in [2.24, 2.45) is 4.99 Å². The first-order chi connectivity index (χ1) is 13.0. The molecule has 0 bridgehead atoms. The van der Waals surface area contributed by atoms with Crippen LogP contribution in [0.5, 0.6) is 5.75 Å². The minimum atomic E-state index is -0.630. The van der Waals surface area contributed by atoms with Crippen LogP contribution >= 0.6 is 0 Å². The molecule has 6 nitrogen and oxygen atoms in total. The average Bonchev–Trinajstić information content (AvgIpc) is 2.69. The fraction of sp³-hybridized carbons (Fsp3) is 0.333. The van der Waals surface area contributed by atoms with E-state index in [-0.39, 0.29) is 18.6 Å².